The third-order valence-electron chi connectivity index (χ3n) is 3.83. The Balaban J connectivity index is 1.67. The first-order chi connectivity index (χ1) is 9.29. The van der Waals surface area contributed by atoms with Gasteiger partial charge >= 0.3 is 6.09 Å². The van der Waals surface area contributed by atoms with Gasteiger partial charge in [0.25, 0.3) is 0 Å². The van der Waals surface area contributed by atoms with Gasteiger partial charge in [0.05, 0.1) is 6.61 Å². The Labute approximate surface area is 114 Å². The lowest BCUT2D eigenvalue weighted by molar-refractivity contribution is 0.117. The molecule has 1 aliphatic carbocycles. The Hall–Kier alpha value is -1.55. The number of rotatable bonds is 5. The van der Waals surface area contributed by atoms with E-state index in [4.69, 9.17) is 10.5 Å². The Morgan fingerprint density at radius 1 is 1.26 bits per heavy atom. The molecule has 1 fully saturated rings. The molecule has 1 amide bonds. The van der Waals surface area contributed by atoms with Crippen LogP contribution in [0.1, 0.15) is 24.8 Å². The van der Waals surface area contributed by atoms with E-state index in [-0.39, 0.29) is 6.09 Å². The van der Waals surface area contributed by atoms with E-state index in [0.717, 1.165) is 18.4 Å². The number of ether oxygens (including phenoxy) is 1. The molecular weight excluding hydrogens is 240 g/mol. The van der Waals surface area contributed by atoms with Crippen molar-refractivity contribution >= 4 is 6.09 Å². The Bertz CT molecular complexity index is 394. The lowest BCUT2D eigenvalue weighted by atomic mass is 9.97. The predicted octanol–water partition coefficient (Wildman–Crippen LogP) is 2.29. The molecule has 1 aromatic carbocycles. The van der Waals surface area contributed by atoms with Gasteiger partial charge in [0.1, 0.15) is 0 Å². The highest BCUT2D eigenvalue weighted by molar-refractivity contribution is 5.67. The van der Waals surface area contributed by atoms with Crippen molar-refractivity contribution in [2.75, 3.05) is 13.2 Å². The zero-order valence-electron chi connectivity index (χ0n) is 11.2. The molecule has 3 N–H and O–H groups in total. The minimum absolute atomic E-state index is 0.341. The molecule has 4 nitrogen and oxygen atoms in total. The molecule has 0 heterocycles. The highest BCUT2D eigenvalue weighted by atomic mass is 16.5. The third kappa shape index (κ3) is 4.24. The zero-order chi connectivity index (χ0) is 13.5. The summed E-state index contributed by atoms with van der Waals surface area (Å²) in [5.41, 5.74) is 6.78. The standard InChI is InChI=1S/C15H22N2O2/c16-9-13-7-4-8-14(13)11-19-15(18)17-10-12-5-2-1-3-6-12/h1-3,5-6,13-14H,4,7-11,16H2,(H,17,18). The average molecular weight is 262 g/mol. The molecule has 0 aliphatic heterocycles. The normalized spacial score (nSPS) is 22.2. The van der Waals surface area contributed by atoms with Crippen LogP contribution < -0.4 is 11.1 Å². The van der Waals surface area contributed by atoms with Crippen molar-refractivity contribution < 1.29 is 9.53 Å². The summed E-state index contributed by atoms with van der Waals surface area (Å²) in [6.45, 7) is 1.69. The fourth-order valence-corrected chi connectivity index (χ4v) is 2.65. The molecule has 4 heteroatoms. The van der Waals surface area contributed by atoms with Crippen molar-refractivity contribution in [2.24, 2.45) is 17.6 Å². The first-order valence-electron chi connectivity index (χ1n) is 6.94. The summed E-state index contributed by atoms with van der Waals surface area (Å²) in [6.07, 6.45) is 3.14. The maximum Gasteiger partial charge on any atom is 0.407 e. The summed E-state index contributed by atoms with van der Waals surface area (Å²) in [7, 11) is 0. The summed E-state index contributed by atoms with van der Waals surface area (Å²) in [5, 5.41) is 2.76. The van der Waals surface area contributed by atoms with Crippen LogP contribution in [-0.4, -0.2) is 19.2 Å². The second-order valence-corrected chi connectivity index (χ2v) is 5.12. The highest BCUT2D eigenvalue weighted by Gasteiger charge is 2.27. The fourth-order valence-electron chi connectivity index (χ4n) is 2.65. The molecule has 104 valence electrons. The van der Waals surface area contributed by atoms with Gasteiger partial charge in [0.2, 0.25) is 0 Å². The first kappa shape index (κ1) is 13.9. The lowest BCUT2D eigenvalue weighted by Gasteiger charge is -2.17. The van der Waals surface area contributed by atoms with E-state index >= 15 is 0 Å². The smallest absolute Gasteiger partial charge is 0.407 e. The maximum absolute atomic E-state index is 11.6. The number of amides is 1. The lowest BCUT2D eigenvalue weighted by Crippen LogP contribution is -2.28. The Kier molecular flexibility index (Phi) is 5.21. The van der Waals surface area contributed by atoms with E-state index in [1.54, 1.807) is 0 Å². The molecule has 1 aliphatic rings. The largest absolute Gasteiger partial charge is 0.449 e. The molecule has 0 aromatic heterocycles. The van der Waals surface area contributed by atoms with Crippen LogP contribution in [0.5, 0.6) is 0 Å². The van der Waals surface area contributed by atoms with E-state index in [0.29, 0.717) is 31.5 Å². The number of carbonyl (C=O) groups is 1. The second-order valence-electron chi connectivity index (χ2n) is 5.12. The van der Waals surface area contributed by atoms with Crippen molar-refractivity contribution in [1.29, 1.82) is 0 Å². The zero-order valence-corrected chi connectivity index (χ0v) is 11.2. The molecule has 0 spiro atoms. The molecule has 1 saturated carbocycles. The van der Waals surface area contributed by atoms with Crippen LogP contribution >= 0.6 is 0 Å². The van der Waals surface area contributed by atoms with Crippen LogP contribution in [0.3, 0.4) is 0 Å². The van der Waals surface area contributed by atoms with Gasteiger partial charge in [-0.15, -0.1) is 0 Å². The number of carbonyl (C=O) groups excluding carboxylic acids is 1. The Morgan fingerprint density at radius 3 is 2.74 bits per heavy atom. The third-order valence-corrected chi connectivity index (χ3v) is 3.83. The highest BCUT2D eigenvalue weighted by Crippen LogP contribution is 2.30. The molecule has 0 radical (unpaired) electrons. The van der Waals surface area contributed by atoms with Crippen LogP contribution in [-0.2, 0) is 11.3 Å². The Morgan fingerprint density at radius 2 is 2.00 bits per heavy atom. The van der Waals surface area contributed by atoms with E-state index in [1.165, 1.54) is 6.42 Å². The SMILES string of the molecule is NCC1CCCC1COC(=O)NCc1ccccc1. The summed E-state index contributed by atoms with van der Waals surface area (Å²) in [5.74, 6) is 0.953. The summed E-state index contributed by atoms with van der Waals surface area (Å²) >= 11 is 0. The molecule has 1 aromatic rings. The van der Waals surface area contributed by atoms with Crippen molar-refractivity contribution in [3.05, 3.63) is 35.9 Å². The number of benzene rings is 1. The number of hydrogen-bond acceptors (Lipinski definition) is 3. The number of hydrogen-bond donors (Lipinski definition) is 2. The van der Waals surface area contributed by atoms with Gasteiger partial charge in [-0.05, 0) is 36.8 Å². The van der Waals surface area contributed by atoms with Crippen LogP contribution in [0.2, 0.25) is 0 Å². The second kappa shape index (κ2) is 7.14. The van der Waals surface area contributed by atoms with Gasteiger partial charge in [-0.2, -0.15) is 0 Å². The van der Waals surface area contributed by atoms with Gasteiger partial charge < -0.3 is 15.8 Å². The summed E-state index contributed by atoms with van der Waals surface area (Å²) in [4.78, 5) is 11.6. The first-order valence-corrected chi connectivity index (χ1v) is 6.94. The molecule has 2 unspecified atom stereocenters. The summed E-state index contributed by atoms with van der Waals surface area (Å²) < 4.78 is 5.27. The average Bonchev–Trinajstić information content (AvgIpc) is 2.91. The van der Waals surface area contributed by atoms with Crippen molar-refractivity contribution in [2.45, 2.75) is 25.8 Å². The van der Waals surface area contributed by atoms with Gasteiger partial charge in [-0.1, -0.05) is 36.8 Å². The number of nitrogens with two attached hydrogens (primary N) is 1. The molecular formula is C15H22N2O2. The molecule has 2 atom stereocenters. The van der Waals surface area contributed by atoms with Crippen molar-refractivity contribution in [3.63, 3.8) is 0 Å². The van der Waals surface area contributed by atoms with Gasteiger partial charge in [0, 0.05) is 6.54 Å². The van der Waals surface area contributed by atoms with E-state index < -0.39 is 0 Å². The quantitative estimate of drug-likeness (QED) is 0.855. The monoisotopic (exact) mass is 262 g/mol. The van der Waals surface area contributed by atoms with E-state index in [9.17, 15) is 4.79 Å². The topological polar surface area (TPSA) is 64.3 Å². The molecule has 0 bridgehead atoms. The summed E-state index contributed by atoms with van der Waals surface area (Å²) in [6, 6.07) is 9.80. The fraction of sp³-hybridized carbons (Fsp3) is 0.533. The minimum atomic E-state index is -0.341. The van der Waals surface area contributed by atoms with Crippen LogP contribution in [0, 0.1) is 11.8 Å². The van der Waals surface area contributed by atoms with Crippen LogP contribution in [0.25, 0.3) is 0 Å². The van der Waals surface area contributed by atoms with Gasteiger partial charge in [-0.25, -0.2) is 4.79 Å². The van der Waals surface area contributed by atoms with Gasteiger partial charge in [0.15, 0.2) is 0 Å². The number of alkyl carbamates (subject to hydrolysis) is 1. The molecule has 0 saturated heterocycles. The van der Waals surface area contributed by atoms with Crippen LogP contribution in [0.15, 0.2) is 30.3 Å². The van der Waals surface area contributed by atoms with E-state index in [1.807, 2.05) is 30.3 Å². The van der Waals surface area contributed by atoms with Crippen molar-refractivity contribution in [1.82, 2.24) is 5.32 Å². The predicted molar refractivity (Wildman–Crippen MR) is 74.5 cm³/mol. The minimum Gasteiger partial charge on any atom is -0.449 e. The number of nitrogens with one attached hydrogen (secondary N) is 1. The molecule has 2 rings (SSSR count). The van der Waals surface area contributed by atoms with Gasteiger partial charge in [-0.3, -0.25) is 0 Å². The maximum atomic E-state index is 11.6. The van der Waals surface area contributed by atoms with Crippen molar-refractivity contribution in [3.8, 4) is 0 Å². The molecule has 19 heavy (non-hydrogen) atoms. The van der Waals surface area contributed by atoms with E-state index in [2.05, 4.69) is 5.32 Å². The van der Waals surface area contributed by atoms with Crippen LogP contribution in [0.4, 0.5) is 4.79 Å².